The molecule has 0 saturated carbocycles. The predicted molar refractivity (Wildman–Crippen MR) is 50.5 cm³/mol. The van der Waals surface area contributed by atoms with Crippen molar-refractivity contribution in [1.82, 2.24) is 0 Å². The van der Waals surface area contributed by atoms with Gasteiger partial charge in [-0.25, -0.2) is 4.48 Å². The van der Waals surface area contributed by atoms with Crippen molar-refractivity contribution < 1.29 is 19.8 Å². The van der Waals surface area contributed by atoms with E-state index in [0.717, 1.165) is 6.42 Å². The summed E-state index contributed by atoms with van der Waals surface area (Å²) in [6, 6.07) is 0. The van der Waals surface area contributed by atoms with E-state index in [1.165, 1.54) is 0 Å². The fourth-order valence-electron chi connectivity index (χ4n) is 1.88. The summed E-state index contributed by atoms with van der Waals surface area (Å²) in [6.45, 7) is 7.30. The summed E-state index contributed by atoms with van der Waals surface area (Å²) < 4.78 is -0.0729. The van der Waals surface area contributed by atoms with E-state index in [-0.39, 0.29) is 4.48 Å². The SMILES string of the molecule is CCC[N+](C(C)O)(C(C)O)C(C)O. The minimum absolute atomic E-state index is 0.0729. The van der Waals surface area contributed by atoms with Gasteiger partial charge in [-0.1, -0.05) is 6.92 Å². The van der Waals surface area contributed by atoms with Crippen molar-refractivity contribution in [2.45, 2.75) is 52.8 Å². The Morgan fingerprint density at radius 2 is 1.23 bits per heavy atom. The Morgan fingerprint density at radius 1 is 0.923 bits per heavy atom. The third-order valence-corrected chi connectivity index (χ3v) is 2.70. The molecule has 0 radical (unpaired) electrons. The van der Waals surface area contributed by atoms with Crippen LogP contribution in [0.15, 0.2) is 0 Å². The Hall–Kier alpha value is -0.160. The van der Waals surface area contributed by atoms with E-state index in [2.05, 4.69) is 0 Å². The molecule has 0 aliphatic carbocycles. The molecule has 0 aliphatic heterocycles. The van der Waals surface area contributed by atoms with Gasteiger partial charge in [0.25, 0.3) is 0 Å². The van der Waals surface area contributed by atoms with E-state index >= 15 is 0 Å². The molecule has 13 heavy (non-hydrogen) atoms. The van der Waals surface area contributed by atoms with Crippen LogP contribution in [0, 0.1) is 0 Å². The van der Waals surface area contributed by atoms with Gasteiger partial charge in [0.15, 0.2) is 18.7 Å². The Bertz CT molecular complexity index is 124. The van der Waals surface area contributed by atoms with Gasteiger partial charge in [-0.05, 0) is 6.42 Å². The van der Waals surface area contributed by atoms with Crippen LogP contribution in [-0.4, -0.2) is 45.0 Å². The third kappa shape index (κ3) is 2.40. The molecule has 0 fully saturated rings. The number of rotatable bonds is 5. The molecular formula is C9H22NO3+. The van der Waals surface area contributed by atoms with Crippen molar-refractivity contribution in [1.29, 1.82) is 0 Å². The van der Waals surface area contributed by atoms with Gasteiger partial charge >= 0.3 is 0 Å². The molecule has 0 amide bonds. The molecule has 0 aromatic rings. The van der Waals surface area contributed by atoms with E-state index < -0.39 is 18.7 Å². The fourth-order valence-corrected chi connectivity index (χ4v) is 1.88. The normalized spacial score (nSPS) is 23.3. The van der Waals surface area contributed by atoms with Crippen molar-refractivity contribution >= 4 is 0 Å². The van der Waals surface area contributed by atoms with Crippen LogP contribution in [0.5, 0.6) is 0 Å². The molecule has 0 aliphatic rings. The molecule has 0 bridgehead atoms. The Morgan fingerprint density at radius 3 is 1.31 bits per heavy atom. The first-order chi connectivity index (χ1) is 5.89. The molecule has 0 spiro atoms. The third-order valence-electron chi connectivity index (χ3n) is 2.70. The van der Waals surface area contributed by atoms with Gasteiger partial charge in [0, 0.05) is 20.8 Å². The van der Waals surface area contributed by atoms with Crippen LogP contribution in [0.4, 0.5) is 0 Å². The quantitative estimate of drug-likeness (QED) is 0.431. The molecule has 4 nitrogen and oxygen atoms in total. The van der Waals surface area contributed by atoms with Crippen LogP contribution >= 0.6 is 0 Å². The van der Waals surface area contributed by atoms with Crippen LogP contribution in [0.3, 0.4) is 0 Å². The lowest BCUT2D eigenvalue weighted by atomic mass is 10.2. The summed E-state index contributed by atoms with van der Waals surface area (Å²) in [6.07, 6.45) is -1.49. The molecule has 3 atom stereocenters. The number of aliphatic hydroxyl groups is 3. The highest BCUT2D eigenvalue weighted by Crippen LogP contribution is 2.21. The number of aliphatic hydroxyl groups excluding tert-OH is 3. The van der Waals surface area contributed by atoms with E-state index in [0.29, 0.717) is 6.54 Å². The molecule has 0 heterocycles. The molecule has 0 saturated heterocycles. The van der Waals surface area contributed by atoms with Crippen LogP contribution in [0.1, 0.15) is 34.1 Å². The summed E-state index contributed by atoms with van der Waals surface area (Å²) >= 11 is 0. The largest absolute Gasteiger partial charge is 0.345 e. The Balaban J connectivity index is 4.82. The van der Waals surface area contributed by atoms with Crippen LogP contribution in [-0.2, 0) is 0 Å². The Labute approximate surface area is 80.0 Å². The molecule has 3 unspecified atom stereocenters. The maximum atomic E-state index is 9.59. The van der Waals surface area contributed by atoms with E-state index in [1.54, 1.807) is 20.8 Å². The molecule has 0 aromatic heterocycles. The molecule has 4 heteroatoms. The van der Waals surface area contributed by atoms with Crippen molar-refractivity contribution in [2.24, 2.45) is 0 Å². The maximum absolute atomic E-state index is 9.59. The zero-order valence-electron chi connectivity index (χ0n) is 8.94. The Kier molecular flexibility index (Phi) is 4.85. The first-order valence-corrected chi connectivity index (χ1v) is 4.80. The second-order valence-corrected chi connectivity index (χ2v) is 3.61. The van der Waals surface area contributed by atoms with Gasteiger partial charge in [-0.3, -0.25) is 0 Å². The summed E-state index contributed by atoms with van der Waals surface area (Å²) in [4.78, 5) is 0. The number of hydrogen-bond acceptors (Lipinski definition) is 3. The monoisotopic (exact) mass is 192 g/mol. The smallest absolute Gasteiger partial charge is 0.191 e. The average molecular weight is 192 g/mol. The van der Waals surface area contributed by atoms with Gasteiger partial charge in [0.1, 0.15) is 0 Å². The summed E-state index contributed by atoms with van der Waals surface area (Å²) in [5.41, 5.74) is 0. The average Bonchev–Trinajstić information content (AvgIpc) is 1.97. The zero-order chi connectivity index (χ0) is 10.6. The first-order valence-electron chi connectivity index (χ1n) is 4.80. The number of quaternary nitrogens is 1. The standard InChI is InChI=1S/C9H22NO3/c1-5-6-10(7(2)11,8(3)12)9(4)13/h7-9,11-13H,5-6H2,1-4H3/q+1. The second-order valence-electron chi connectivity index (χ2n) is 3.61. The second kappa shape index (κ2) is 4.91. The molecule has 0 rings (SSSR count). The van der Waals surface area contributed by atoms with Gasteiger partial charge in [0.05, 0.1) is 6.54 Å². The highest BCUT2D eigenvalue weighted by atomic mass is 16.4. The zero-order valence-corrected chi connectivity index (χ0v) is 8.94. The van der Waals surface area contributed by atoms with Gasteiger partial charge < -0.3 is 15.3 Å². The van der Waals surface area contributed by atoms with Gasteiger partial charge in [-0.2, -0.15) is 0 Å². The predicted octanol–water partition coefficient (Wildman–Crippen LogP) is 0.228. The van der Waals surface area contributed by atoms with Gasteiger partial charge in [0.2, 0.25) is 0 Å². The van der Waals surface area contributed by atoms with Crippen LogP contribution in [0.25, 0.3) is 0 Å². The van der Waals surface area contributed by atoms with E-state index in [9.17, 15) is 15.3 Å². The highest BCUT2D eigenvalue weighted by molar-refractivity contribution is 4.46. The summed E-state index contributed by atoms with van der Waals surface area (Å²) in [5.74, 6) is 0. The van der Waals surface area contributed by atoms with Crippen molar-refractivity contribution in [3.8, 4) is 0 Å². The lowest BCUT2D eigenvalue weighted by molar-refractivity contribution is -1.04. The lowest BCUT2D eigenvalue weighted by Gasteiger charge is -2.45. The summed E-state index contributed by atoms with van der Waals surface area (Å²) in [5, 5.41) is 28.8. The molecule has 80 valence electrons. The first kappa shape index (κ1) is 12.8. The van der Waals surface area contributed by atoms with Crippen LogP contribution in [0.2, 0.25) is 0 Å². The van der Waals surface area contributed by atoms with Crippen molar-refractivity contribution in [2.75, 3.05) is 6.54 Å². The lowest BCUT2D eigenvalue weighted by Crippen LogP contribution is -2.64. The minimum Gasteiger partial charge on any atom is -0.345 e. The minimum atomic E-state index is -0.764. The van der Waals surface area contributed by atoms with Crippen molar-refractivity contribution in [3.63, 3.8) is 0 Å². The molecule has 0 aromatic carbocycles. The highest BCUT2D eigenvalue weighted by Gasteiger charge is 2.41. The van der Waals surface area contributed by atoms with Crippen LogP contribution < -0.4 is 0 Å². The number of nitrogens with zero attached hydrogens (tertiary/aromatic N) is 1. The molecular weight excluding hydrogens is 170 g/mol. The number of hydrogen-bond donors (Lipinski definition) is 3. The van der Waals surface area contributed by atoms with Crippen molar-refractivity contribution in [3.05, 3.63) is 0 Å². The fraction of sp³-hybridized carbons (Fsp3) is 1.00. The van der Waals surface area contributed by atoms with E-state index in [1.807, 2.05) is 6.92 Å². The maximum Gasteiger partial charge on any atom is 0.191 e. The van der Waals surface area contributed by atoms with E-state index in [4.69, 9.17) is 0 Å². The topological polar surface area (TPSA) is 60.7 Å². The van der Waals surface area contributed by atoms with Gasteiger partial charge in [-0.15, -0.1) is 0 Å². The molecule has 3 N–H and O–H groups in total. The summed E-state index contributed by atoms with van der Waals surface area (Å²) in [7, 11) is 0.